The largest absolute Gasteiger partial charge is 1.00 e. The number of carbonyl (C=O) groups excluding carboxylic acids is 1. The van der Waals surface area contributed by atoms with Crippen LogP contribution in [-0.4, -0.2) is 36.1 Å². The molecule has 0 saturated carbocycles. The number of rotatable bonds is 9. The van der Waals surface area contributed by atoms with Crippen LogP contribution in [0.4, 0.5) is 0 Å². The quantitative estimate of drug-likeness (QED) is 0.366. The first-order valence-electron chi connectivity index (χ1n) is 7.76. The Kier molecular flexibility index (Phi) is 10.0. The molecule has 1 unspecified atom stereocenters. The second-order valence-corrected chi connectivity index (χ2v) is 6.84. The fourth-order valence-corrected chi connectivity index (χ4v) is 2.97. The first kappa shape index (κ1) is 23.7. The van der Waals surface area contributed by atoms with Crippen LogP contribution in [0, 0.1) is 0 Å². The Labute approximate surface area is 161 Å². The van der Waals surface area contributed by atoms with Gasteiger partial charge in [-0.1, -0.05) is 33.1 Å². The number of hydrogen-bond donors (Lipinski definition) is 2. The molecule has 0 radical (unpaired) electrons. The van der Waals surface area contributed by atoms with Crippen molar-refractivity contribution in [3.63, 3.8) is 0 Å². The summed E-state index contributed by atoms with van der Waals surface area (Å²) >= 11 is 0. The van der Waals surface area contributed by atoms with Crippen LogP contribution in [0.25, 0.3) is 0 Å². The van der Waals surface area contributed by atoms with Crippen molar-refractivity contribution in [2.75, 3.05) is 0 Å². The van der Waals surface area contributed by atoms with E-state index in [0.717, 1.165) is 37.5 Å². The molecule has 0 fully saturated rings. The van der Waals surface area contributed by atoms with Gasteiger partial charge < -0.3 is 11.3 Å². The zero-order chi connectivity index (χ0) is 18.3. The molecule has 0 heterocycles. The molecule has 0 aromatic heterocycles. The monoisotopic (exact) mass is 366 g/mol. The third-order valence-corrected chi connectivity index (χ3v) is 4.38. The number of carboxylic acid groups (broad SMARTS) is 1. The van der Waals surface area contributed by atoms with Crippen molar-refractivity contribution in [1.82, 2.24) is 0 Å². The Morgan fingerprint density at radius 3 is 2.32 bits per heavy atom. The Morgan fingerprint density at radius 2 is 1.84 bits per heavy atom. The summed E-state index contributed by atoms with van der Waals surface area (Å²) in [6.45, 7) is 3.95. The van der Waals surface area contributed by atoms with Crippen LogP contribution in [0.15, 0.2) is 23.1 Å². The first-order valence-corrected chi connectivity index (χ1v) is 9.20. The van der Waals surface area contributed by atoms with E-state index in [9.17, 15) is 22.6 Å². The number of ether oxygens (including phenoxy) is 1. The van der Waals surface area contributed by atoms with E-state index in [1.54, 1.807) is 0 Å². The van der Waals surface area contributed by atoms with Gasteiger partial charge in [-0.05, 0) is 31.0 Å². The molecular weight excluding hydrogens is 343 g/mol. The maximum absolute atomic E-state index is 12.3. The predicted octanol–water partition coefficient (Wildman–Crippen LogP) is 0.264. The van der Waals surface area contributed by atoms with Gasteiger partial charge in [-0.2, -0.15) is 8.42 Å². The minimum atomic E-state index is -4.76. The van der Waals surface area contributed by atoms with Crippen molar-refractivity contribution in [3.8, 4) is 0 Å². The van der Waals surface area contributed by atoms with E-state index < -0.39 is 27.0 Å². The normalized spacial score (nSPS) is 12.1. The third-order valence-electron chi connectivity index (χ3n) is 3.49. The molecular formula is C16H23LiO7S. The minimum Gasteiger partial charge on any atom is -1.00 e. The van der Waals surface area contributed by atoms with E-state index in [-0.39, 0.29) is 37.5 Å². The number of aromatic carboxylic acids is 1. The zero-order valence-corrected chi connectivity index (χ0v) is 15.5. The maximum Gasteiger partial charge on any atom is 1.00 e. The molecule has 0 aliphatic heterocycles. The van der Waals surface area contributed by atoms with Crippen LogP contribution in [0.2, 0.25) is 0 Å². The number of benzene rings is 1. The Bertz CT molecular complexity index is 707. The molecule has 1 aromatic carbocycles. The molecule has 0 aliphatic rings. The van der Waals surface area contributed by atoms with Gasteiger partial charge in [0, 0.05) is 0 Å². The fourth-order valence-electron chi connectivity index (χ4n) is 2.27. The van der Waals surface area contributed by atoms with Crippen molar-refractivity contribution in [2.24, 2.45) is 0 Å². The van der Waals surface area contributed by atoms with Crippen molar-refractivity contribution in [1.29, 1.82) is 0 Å². The molecule has 1 rings (SSSR count). The minimum absolute atomic E-state index is 0. The number of hydrogen-bond acceptors (Lipinski definition) is 5. The average Bonchev–Trinajstić information content (AvgIpc) is 2.51. The van der Waals surface area contributed by atoms with E-state index in [4.69, 9.17) is 9.84 Å². The van der Waals surface area contributed by atoms with E-state index in [1.165, 1.54) is 0 Å². The molecule has 0 amide bonds. The molecule has 1 aromatic rings. The molecule has 7 nitrogen and oxygen atoms in total. The van der Waals surface area contributed by atoms with Crippen LogP contribution >= 0.6 is 0 Å². The zero-order valence-electron chi connectivity index (χ0n) is 15.7. The number of carboxylic acids is 1. The molecule has 2 N–H and O–H groups in total. The van der Waals surface area contributed by atoms with Crippen molar-refractivity contribution in [3.05, 3.63) is 29.3 Å². The second kappa shape index (κ2) is 10.6. The van der Waals surface area contributed by atoms with Crippen LogP contribution < -0.4 is 18.9 Å². The Hall–Kier alpha value is -1.33. The number of unbranched alkanes of at least 4 members (excludes halogenated alkanes) is 1. The van der Waals surface area contributed by atoms with Gasteiger partial charge >= 0.3 is 30.8 Å². The SMILES string of the molecule is CCCCC(CCC)OC(=O)c1ccc(C(=O)O)cc1S(=O)(=O)O.[H-].[Li+]. The standard InChI is InChI=1S/C16H22O7S.Li.H/c1-3-5-7-12(6-4-2)23-16(19)13-9-8-11(15(17)18)10-14(13)24(20,21)22;;/h8-10,12H,3-7H2,1-2H3,(H,17,18)(H,20,21,22);;/q;+1;-1. The molecule has 0 aliphatic carbocycles. The van der Waals surface area contributed by atoms with E-state index in [1.807, 2.05) is 13.8 Å². The Balaban J connectivity index is 0. The van der Waals surface area contributed by atoms with Crippen molar-refractivity contribution >= 4 is 22.1 Å². The maximum atomic E-state index is 12.3. The molecule has 0 bridgehead atoms. The van der Waals surface area contributed by atoms with Crippen LogP contribution in [0.1, 0.15) is 68.1 Å². The summed E-state index contributed by atoms with van der Waals surface area (Å²) in [6, 6.07) is 2.88. The van der Waals surface area contributed by atoms with Gasteiger partial charge in [0.05, 0.1) is 11.1 Å². The molecule has 1 atom stereocenters. The number of carbonyl (C=O) groups is 2. The third kappa shape index (κ3) is 7.20. The van der Waals surface area contributed by atoms with Gasteiger partial charge in [-0.15, -0.1) is 0 Å². The summed E-state index contributed by atoms with van der Waals surface area (Å²) in [7, 11) is -4.76. The van der Waals surface area contributed by atoms with Crippen molar-refractivity contribution < 1.29 is 52.7 Å². The topological polar surface area (TPSA) is 118 Å². The van der Waals surface area contributed by atoms with Crippen molar-refractivity contribution in [2.45, 2.75) is 57.0 Å². The summed E-state index contributed by atoms with van der Waals surface area (Å²) in [4.78, 5) is 22.5. The molecule has 136 valence electrons. The van der Waals surface area contributed by atoms with Crippen LogP contribution in [0.5, 0.6) is 0 Å². The first-order chi connectivity index (χ1) is 11.2. The molecule has 25 heavy (non-hydrogen) atoms. The van der Waals surface area contributed by atoms with Gasteiger partial charge in [0.25, 0.3) is 10.1 Å². The van der Waals surface area contributed by atoms with Crippen LogP contribution in [-0.2, 0) is 14.9 Å². The molecule has 0 spiro atoms. The van der Waals surface area contributed by atoms with Gasteiger partial charge in [-0.25, -0.2) is 9.59 Å². The van der Waals surface area contributed by atoms with E-state index in [2.05, 4.69) is 0 Å². The predicted molar refractivity (Wildman–Crippen MR) is 88.0 cm³/mol. The Morgan fingerprint density at radius 1 is 1.20 bits per heavy atom. The van der Waals surface area contributed by atoms with Gasteiger partial charge in [-0.3, -0.25) is 4.55 Å². The van der Waals surface area contributed by atoms with Crippen LogP contribution in [0.3, 0.4) is 0 Å². The van der Waals surface area contributed by atoms with Gasteiger partial charge in [0.15, 0.2) is 0 Å². The summed E-state index contributed by atoms with van der Waals surface area (Å²) in [5, 5.41) is 8.92. The molecule has 0 saturated heterocycles. The van der Waals surface area contributed by atoms with E-state index >= 15 is 0 Å². The fraction of sp³-hybridized carbons (Fsp3) is 0.500. The average molecular weight is 366 g/mol. The number of esters is 1. The summed E-state index contributed by atoms with van der Waals surface area (Å²) in [5.41, 5.74) is -0.727. The summed E-state index contributed by atoms with van der Waals surface area (Å²) in [5.74, 6) is -2.26. The van der Waals surface area contributed by atoms with E-state index in [0.29, 0.717) is 12.8 Å². The smallest absolute Gasteiger partial charge is 1.00 e. The van der Waals surface area contributed by atoms with Gasteiger partial charge in [0.2, 0.25) is 0 Å². The molecule has 9 heteroatoms. The second-order valence-electron chi connectivity index (χ2n) is 5.45. The van der Waals surface area contributed by atoms with Gasteiger partial charge in [0.1, 0.15) is 11.0 Å². The summed E-state index contributed by atoms with van der Waals surface area (Å²) in [6.07, 6.45) is 3.54. The summed E-state index contributed by atoms with van der Waals surface area (Å²) < 4.78 is 37.6.